The molecular weight excluding hydrogens is 366 g/mol. The van der Waals surface area contributed by atoms with Crippen LogP contribution in [0.15, 0.2) is 65.6 Å². The number of methoxy groups -OCH3 is 1. The van der Waals surface area contributed by atoms with E-state index in [-0.39, 0.29) is 10.6 Å². The number of halogens is 1. The summed E-state index contributed by atoms with van der Waals surface area (Å²) < 4.78 is 12.1. The lowest BCUT2D eigenvalue weighted by atomic mass is 10.2. The van der Waals surface area contributed by atoms with Crippen molar-refractivity contribution in [3.05, 3.63) is 81.7 Å². The van der Waals surface area contributed by atoms with Crippen LogP contribution in [0.3, 0.4) is 0 Å². The van der Waals surface area contributed by atoms with E-state index in [1.165, 1.54) is 4.68 Å². The second-order valence-corrected chi connectivity index (χ2v) is 6.15. The summed E-state index contributed by atoms with van der Waals surface area (Å²) in [6.45, 7) is 1.27. The number of hydrogen-bond donors (Lipinski definition) is 1. The Hall–Kier alpha value is -2.99. The number of nitrogens with zero attached hydrogens (tertiary/aromatic N) is 2. The summed E-state index contributed by atoms with van der Waals surface area (Å²) >= 11 is 6.20. The number of ether oxygens (including phenoxy) is 2. The first kappa shape index (κ1) is 18.8. The Kier molecular flexibility index (Phi) is 6.33. The molecule has 1 N–H and O–H groups in total. The van der Waals surface area contributed by atoms with Crippen LogP contribution >= 0.6 is 11.6 Å². The van der Waals surface area contributed by atoms with E-state index in [0.717, 1.165) is 17.1 Å². The van der Waals surface area contributed by atoms with Crippen LogP contribution in [0, 0.1) is 0 Å². The Morgan fingerprint density at radius 1 is 1.07 bits per heavy atom. The lowest BCUT2D eigenvalue weighted by Crippen LogP contribution is -2.25. The first-order valence-electron chi connectivity index (χ1n) is 8.47. The highest BCUT2D eigenvalue weighted by Gasteiger charge is 2.09. The monoisotopic (exact) mass is 385 g/mol. The third-order valence-electron chi connectivity index (χ3n) is 3.91. The van der Waals surface area contributed by atoms with E-state index in [4.69, 9.17) is 21.1 Å². The Morgan fingerprint density at radius 3 is 2.48 bits per heavy atom. The van der Waals surface area contributed by atoms with Gasteiger partial charge in [-0.2, -0.15) is 5.10 Å². The number of rotatable bonds is 8. The topological polar surface area (TPSA) is 65.4 Å². The predicted octanol–water partition coefficient (Wildman–Crippen LogP) is 3.44. The SMILES string of the molecule is COc1ccc(OCCNc2cnn(Cc3ccccc3)c(=O)c2Cl)cc1. The maximum absolute atomic E-state index is 12.4. The Balaban J connectivity index is 1.55. The summed E-state index contributed by atoms with van der Waals surface area (Å²) in [5, 5.41) is 7.39. The van der Waals surface area contributed by atoms with Gasteiger partial charge < -0.3 is 14.8 Å². The molecule has 0 aliphatic rings. The zero-order chi connectivity index (χ0) is 19.1. The molecule has 3 aromatic rings. The standard InChI is InChI=1S/C20H20ClN3O3/c1-26-16-7-9-17(10-8-16)27-12-11-22-18-13-23-24(20(25)19(18)21)14-15-5-3-2-4-6-15/h2-10,13,22H,11-12,14H2,1H3. The Labute approximate surface area is 162 Å². The van der Waals surface area contributed by atoms with Crippen LogP contribution in [0.25, 0.3) is 0 Å². The van der Waals surface area contributed by atoms with Gasteiger partial charge in [-0.3, -0.25) is 4.79 Å². The van der Waals surface area contributed by atoms with Crippen molar-refractivity contribution in [2.45, 2.75) is 6.54 Å². The fourth-order valence-corrected chi connectivity index (χ4v) is 2.70. The average Bonchev–Trinajstić information content (AvgIpc) is 2.71. The molecule has 0 amide bonds. The number of anilines is 1. The summed E-state index contributed by atoms with van der Waals surface area (Å²) in [7, 11) is 1.62. The summed E-state index contributed by atoms with van der Waals surface area (Å²) in [6.07, 6.45) is 1.56. The first-order chi connectivity index (χ1) is 13.2. The highest BCUT2D eigenvalue weighted by molar-refractivity contribution is 6.32. The van der Waals surface area contributed by atoms with E-state index in [0.29, 0.717) is 25.4 Å². The predicted molar refractivity (Wildman–Crippen MR) is 106 cm³/mol. The molecule has 0 saturated heterocycles. The van der Waals surface area contributed by atoms with Gasteiger partial charge in [0.25, 0.3) is 5.56 Å². The molecule has 0 radical (unpaired) electrons. The molecule has 140 valence electrons. The summed E-state index contributed by atoms with van der Waals surface area (Å²) in [5.41, 5.74) is 1.14. The highest BCUT2D eigenvalue weighted by atomic mass is 35.5. The molecule has 0 atom stereocenters. The van der Waals surface area contributed by atoms with Crippen LogP contribution in [0.4, 0.5) is 5.69 Å². The van der Waals surface area contributed by atoms with Crippen molar-refractivity contribution >= 4 is 17.3 Å². The van der Waals surface area contributed by atoms with Gasteiger partial charge in [-0.25, -0.2) is 4.68 Å². The van der Waals surface area contributed by atoms with E-state index >= 15 is 0 Å². The molecule has 0 fully saturated rings. The van der Waals surface area contributed by atoms with Gasteiger partial charge in [-0.15, -0.1) is 0 Å². The summed E-state index contributed by atoms with van der Waals surface area (Å²) in [6, 6.07) is 17.0. The molecular formula is C20H20ClN3O3. The van der Waals surface area contributed by atoms with Crippen molar-refractivity contribution in [3.8, 4) is 11.5 Å². The maximum atomic E-state index is 12.4. The van der Waals surface area contributed by atoms with E-state index in [9.17, 15) is 4.79 Å². The van der Waals surface area contributed by atoms with Crippen LogP contribution in [0.1, 0.15) is 5.56 Å². The molecule has 1 aromatic heterocycles. The van der Waals surface area contributed by atoms with Gasteiger partial charge in [0.2, 0.25) is 0 Å². The second-order valence-electron chi connectivity index (χ2n) is 5.77. The zero-order valence-corrected chi connectivity index (χ0v) is 15.6. The molecule has 0 spiro atoms. The lowest BCUT2D eigenvalue weighted by molar-refractivity contribution is 0.331. The molecule has 0 unspecified atom stereocenters. The Morgan fingerprint density at radius 2 is 1.78 bits per heavy atom. The molecule has 0 saturated carbocycles. The van der Waals surface area contributed by atoms with Crippen LogP contribution in [0.2, 0.25) is 5.02 Å². The third-order valence-corrected chi connectivity index (χ3v) is 4.27. The normalized spacial score (nSPS) is 10.4. The molecule has 6 nitrogen and oxygen atoms in total. The number of hydrogen-bond acceptors (Lipinski definition) is 5. The molecule has 0 aliphatic heterocycles. The maximum Gasteiger partial charge on any atom is 0.287 e. The molecule has 0 bridgehead atoms. The van der Waals surface area contributed by atoms with Crippen molar-refractivity contribution in [1.29, 1.82) is 0 Å². The van der Waals surface area contributed by atoms with Crippen molar-refractivity contribution < 1.29 is 9.47 Å². The lowest BCUT2D eigenvalue weighted by Gasteiger charge is -2.11. The van der Waals surface area contributed by atoms with Crippen molar-refractivity contribution in [1.82, 2.24) is 9.78 Å². The fourth-order valence-electron chi connectivity index (χ4n) is 2.48. The van der Waals surface area contributed by atoms with Crippen LogP contribution in [-0.2, 0) is 6.54 Å². The van der Waals surface area contributed by atoms with Crippen LogP contribution in [-0.4, -0.2) is 30.0 Å². The molecule has 0 aliphatic carbocycles. The Bertz CT molecular complexity index is 927. The van der Waals surface area contributed by atoms with E-state index in [1.54, 1.807) is 13.3 Å². The van der Waals surface area contributed by atoms with Crippen LogP contribution in [0.5, 0.6) is 11.5 Å². The zero-order valence-electron chi connectivity index (χ0n) is 14.9. The molecule has 1 heterocycles. The second kappa shape index (κ2) is 9.09. The number of nitrogens with one attached hydrogen (secondary N) is 1. The molecule has 27 heavy (non-hydrogen) atoms. The number of benzene rings is 2. The van der Waals surface area contributed by atoms with Crippen molar-refractivity contribution in [3.63, 3.8) is 0 Å². The minimum absolute atomic E-state index is 0.116. The van der Waals surface area contributed by atoms with Gasteiger partial charge in [-0.05, 0) is 29.8 Å². The fraction of sp³-hybridized carbons (Fsp3) is 0.200. The van der Waals surface area contributed by atoms with Gasteiger partial charge in [-0.1, -0.05) is 41.9 Å². The van der Waals surface area contributed by atoms with Crippen molar-refractivity contribution in [2.75, 3.05) is 25.6 Å². The van der Waals surface area contributed by atoms with Crippen LogP contribution < -0.4 is 20.3 Å². The summed E-state index contributed by atoms with van der Waals surface area (Å²) in [4.78, 5) is 12.4. The van der Waals surface area contributed by atoms with E-state index in [1.807, 2.05) is 54.6 Å². The summed E-state index contributed by atoms with van der Waals surface area (Å²) in [5.74, 6) is 1.51. The first-order valence-corrected chi connectivity index (χ1v) is 8.85. The van der Waals surface area contributed by atoms with Gasteiger partial charge in [0.1, 0.15) is 23.1 Å². The number of aromatic nitrogens is 2. The van der Waals surface area contributed by atoms with Gasteiger partial charge in [0.15, 0.2) is 0 Å². The van der Waals surface area contributed by atoms with E-state index in [2.05, 4.69) is 10.4 Å². The highest BCUT2D eigenvalue weighted by Crippen LogP contribution is 2.18. The third kappa shape index (κ3) is 5.01. The smallest absolute Gasteiger partial charge is 0.287 e. The van der Waals surface area contributed by atoms with Crippen molar-refractivity contribution in [2.24, 2.45) is 0 Å². The molecule has 3 rings (SSSR count). The average molecular weight is 386 g/mol. The largest absolute Gasteiger partial charge is 0.497 e. The molecule has 2 aromatic carbocycles. The van der Waals surface area contributed by atoms with E-state index < -0.39 is 0 Å². The van der Waals surface area contributed by atoms with Gasteiger partial charge in [0.05, 0.1) is 25.5 Å². The van der Waals surface area contributed by atoms with Gasteiger partial charge >= 0.3 is 0 Å². The van der Waals surface area contributed by atoms with Gasteiger partial charge in [0, 0.05) is 6.54 Å². The minimum atomic E-state index is -0.332. The molecule has 7 heteroatoms. The quantitative estimate of drug-likeness (QED) is 0.602. The minimum Gasteiger partial charge on any atom is -0.497 e.